The summed E-state index contributed by atoms with van der Waals surface area (Å²) >= 11 is 0. The first-order chi connectivity index (χ1) is 9.69. The van der Waals surface area contributed by atoms with E-state index in [4.69, 9.17) is 5.73 Å². The minimum atomic E-state index is -0.0863. The highest BCUT2D eigenvalue weighted by Crippen LogP contribution is 2.40. The van der Waals surface area contributed by atoms with Crippen LogP contribution in [0, 0.1) is 6.92 Å². The minimum Gasteiger partial charge on any atom is -0.371 e. The maximum atomic E-state index is 6.83. The van der Waals surface area contributed by atoms with Crippen LogP contribution in [0.25, 0.3) is 0 Å². The van der Waals surface area contributed by atoms with Gasteiger partial charge in [-0.2, -0.15) is 0 Å². The van der Waals surface area contributed by atoms with Crippen LogP contribution in [0.1, 0.15) is 62.5 Å². The summed E-state index contributed by atoms with van der Waals surface area (Å²) in [6, 6.07) is 6.92. The molecule has 0 atom stereocenters. The van der Waals surface area contributed by atoms with Crippen molar-refractivity contribution >= 4 is 5.69 Å². The van der Waals surface area contributed by atoms with E-state index in [0.717, 1.165) is 12.8 Å². The van der Waals surface area contributed by atoms with Crippen LogP contribution in [0.5, 0.6) is 0 Å². The maximum absolute atomic E-state index is 6.83. The maximum Gasteiger partial charge on any atom is 0.0430 e. The second-order valence-electron chi connectivity index (χ2n) is 6.79. The number of rotatable bonds is 2. The molecule has 3 rings (SSSR count). The molecule has 2 N–H and O–H groups in total. The van der Waals surface area contributed by atoms with Crippen molar-refractivity contribution in [3.8, 4) is 0 Å². The highest BCUT2D eigenvalue weighted by Gasteiger charge is 2.32. The topological polar surface area (TPSA) is 29.3 Å². The van der Waals surface area contributed by atoms with Crippen molar-refractivity contribution < 1.29 is 0 Å². The molecule has 0 aromatic heterocycles. The van der Waals surface area contributed by atoms with Gasteiger partial charge in [-0.25, -0.2) is 0 Å². The van der Waals surface area contributed by atoms with Crippen LogP contribution in [0.2, 0.25) is 0 Å². The number of hydrogen-bond donors (Lipinski definition) is 1. The van der Waals surface area contributed by atoms with Crippen LogP contribution in [-0.2, 0) is 5.54 Å². The Morgan fingerprint density at radius 2 is 1.60 bits per heavy atom. The van der Waals surface area contributed by atoms with Gasteiger partial charge in [0.25, 0.3) is 0 Å². The van der Waals surface area contributed by atoms with E-state index in [1.807, 2.05) is 0 Å². The van der Waals surface area contributed by atoms with Gasteiger partial charge in [-0.15, -0.1) is 0 Å². The summed E-state index contributed by atoms with van der Waals surface area (Å²) in [4.78, 5) is 2.57. The van der Waals surface area contributed by atoms with Gasteiger partial charge in [0.1, 0.15) is 0 Å². The molecule has 1 aromatic rings. The molecule has 0 amide bonds. The summed E-state index contributed by atoms with van der Waals surface area (Å²) in [5.41, 5.74) is 10.9. The standard InChI is InChI=1S/C18H28N2/c1-15-8-9-17(20-12-6-3-7-13-20)16(14-15)18(19)10-4-2-5-11-18/h8-9,14H,2-7,10-13,19H2,1H3. The Bertz CT molecular complexity index is 454. The normalized spacial score (nSPS) is 22.8. The molecule has 2 nitrogen and oxygen atoms in total. The predicted molar refractivity (Wildman–Crippen MR) is 86.2 cm³/mol. The second-order valence-corrected chi connectivity index (χ2v) is 6.79. The van der Waals surface area contributed by atoms with Crippen molar-refractivity contribution in [2.75, 3.05) is 18.0 Å². The lowest BCUT2D eigenvalue weighted by atomic mass is 9.76. The highest BCUT2D eigenvalue weighted by molar-refractivity contribution is 5.58. The van der Waals surface area contributed by atoms with E-state index in [0.29, 0.717) is 0 Å². The zero-order chi connectivity index (χ0) is 14.0. The molecule has 2 heteroatoms. The highest BCUT2D eigenvalue weighted by atomic mass is 15.1. The van der Waals surface area contributed by atoms with Gasteiger partial charge in [-0.1, -0.05) is 37.0 Å². The van der Waals surface area contributed by atoms with Crippen molar-refractivity contribution in [2.24, 2.45) is 5.73 Å². The molecule has 1 aliphatic carbocycles. The molecule has 1 saturated carbocycles. The predicted octanol–water partition coefficient (Wildman–Crippen LogP) is 4.10. The van der Waals surface area contributed by atoms with Gasteiger partial charge in [-0.3, -0.25) is 0 Å². The molecule has 110 valence electrons. The van der Waals surface area contributed by atoms with Gasteiger partial charge >= 0.3 is 0 Å². The van der Waals surface area contributed by atoms with E-state index in [9.17, 15) is 0 Å². The molecule has 0 unspecified atom stereocenters. The van der Waals surface area contributed by atoms with E-state index >= 15 is 0 Å². The number of nitrogens with zero attached hydrogens (tertiary/aromatic N) is 1. The minimum absolute atomic E-state index is 0.0863. The third-order valence-corrected chi connectivity index (χ3v) is 5.13. The molecular weight excluding hydrogens is 244 g/mol. The lowest BCUT2D eigenvalue weighted by Crippen LogP contribution is -2.41. The molecule has 1 aliphatic heterocycles. The molecule has 0 bridgehead atoms. The van der Waals surface area contributed by atoms with Gasteiger partial charge in [0.15, 0.2) is 0 Å². The molecule has 0 spiro atoms. The van der Waals surface area contributed by atoms with Crippen LogP contribution in [0.3, 0.4) is 0 Å². The molecular formula is C18H28N2. The fourth-order valence-electron chi connectivity index (χ4n) is 3.91. The lowest BCUT2D eigenvalue weighted by molar-refractivity contribution is 0.302. The smallest absolute Gasteiger partial charge is 0.0430 e. The molecule has 2 aliphatic rings. The number of benzene rings is 1. The monoisotopic (exact) mass is 272 g/mol. The van der Waals surface area contributed by atoms with E-state index in [1.165, 1.54) is 68.4 Å². The molecule has 20 heavy (non-hydrogen) atoms. The third-order valence-electron chi connectivity index (χ3n) is 5.13. The summed E-state index contributed by atoms with van der Waals surface area (Å²) in [6.07, 6.45) is 10.2. The van der Waals surface area contributed by atoms with Crippen LogP contribution in [-0.4, -0.2) is 13.1 Å². The molecule has 2 fully saturated rings. The van der Waals surface area contributed by atoms with Gasteiger partial charge in [-0.05, 0) is 50.7 Å². The Morgan fingerprint density at radius 3 is 2.30 bits per heavy atom. The van der Waals surface area contributed by atoms with Gasteiger partial charge in [0, 0.05) is 24.3 Å². The first-order valence-electron chi connectivity index (χ1n) is 8.34. The fourth-order valence-corrected chi connectivity index (χ4v) is 3.91. The number of piperidine rings is 1. The average molecular weight is 272 g/mol. The Morgan fingerprint density at radius 1 is 0.950 bits per heavy atom. The summed E-state index contributed by atoms with van der Waals surface area (Å²) < 4.78 is 0. The Balaban J connectivity index is 1.97. The molecule has 0 radical (unpaired) electrons. The number of aryl methyl sites for hydroxylation is 1. The zero-order valence-corrected chi connectivity index (χ0v) is 12.8. The van der Waals surface area contributed by atoms with Crippen LogP contribution in [0.4, 0.5) is 5.69 Å². The lowest BCUT2D eigenvalue weighted by Gasteiger charge is -2.39. The molecule has 1 aromatic carbocycles. The zero-order valence-electron chi connectivity index (χ0n) is 12.8. The van der Waals surface area contributed by atoms with Gasteiger partial charge in [0.05, 0.1) is 0 Å². The Kier molecular flexibility index (Phi) is 4.02. The SMILES string of the molecule is Cc1ccc(N2CCCCC2)c(C2(N)CCCCC2)c1. The van der Waals surface area contributed by atoms with Gasteiger partial charge < -0.3 is 10.6 Å². The van der Waals surface area contributed by atoms with Crippen molar-refractivity contribution in [1.82, 2.24) is 0 Å². The van der Waals surface area contributed by atoms with Crippen molar-refractivity contribution in [3.63, 3.8) is 0 Å². The largest absolute Gasteiger partial charge is 0.371 e. The fraction of sp³-hybridized carbons (Fsp3) is 0.667. The molecule has 1 saturated heterocycles. The van der Waals surface area contributed by atoms with Crippen LogP contribution < -0.4 is 10.6 Å². The average Bonchev–Trinajstić information content (AvgIpc) is 2.49. The number of nitrogens with two attached hydrogens (primary N) is 1. The van der Waals surface area contributed by atoms with Crippen LogP contribution >= 0.6 is 0 Å². The second kappa shape index (κ2) is 5.77. The Hall–Kier alpha value is -1.02. The number of hydrogen-bond acceptors (Lipinski definition) is 2. The summed E-state index contributed by atoms with van der Waals surface area (Å²) in [5, 5.41) is 0. The molecule has 1 heterocycles. The van der Waals surface area contributed by atoms with Gasteiger partial charge in [0.2, 0.25) is 0 Å². The first-order valence-corrected chi connectivity index (χ1v) is 8.34. The van der Waals surface area contributed by atoms with E-state index in [2.05, 4.69) is 30.0 Å². The summed E-state index contributed by atoms with van der Waals surface area (Å²) in [5.74, 6) is 0. The van der Waals surface area contributed by atoms with Crippen LogP contribution in [0.15, 0.2) is 18.2 Å². The van der Waals surface area contributed by atoms with E-state index in [1.54, 1.807) is 0 Å². The number of anilines is 1. The summed E-state index contributed by atoms with van der Waals surface area (Å²) in [7, 11) is 0. The van der Waals surface area contributed by atoms with Crippen molar-refractivity contribution in [2.45, 2.75) is 63.8 Å². The quantitative estimate of drug-likeness (QED) is 0.878. The first kappa shape index (κ1) is 13.9. The Labute approximate surface area is 123 Å². The van der Waals surface area contributed by atoms with E-state index in [-0.39, 0.29) is 5.54 Å². The summed E-state index contributed by atoms with van der Waals surface area (Å²) in [6.45, 7) is 4.59. The third kappa shape index (κ3) is 2.71. The van der Waals surface area contributed by atoms with Crippen molar-refractivity contribution in [1.29, 1.82) is 0 Å². The van der Waals surface area contributed by atoms with E-state index < -0.39 is 0 Å². The van der Waals surface area contributed by atoms with Crippen molar-refractivity contribution in [3.05, 3.63) is 29.3 Å².